The monoisotopic (exact) mass is 454 g/mol. The lowest BCUT2D eigenvalue weighted by molar-refractivity contribution is 0.0228. The molecule has 1 heterocycles. The van der Waals surface area contributed by atoms with Crippen LogP contribution in [0.25, 0.3) is 11.4 Å². The topological polar surface area (TPSA) is 35.0 Å². The third kappa shape index (κ3) is 7.72. The fraction of sp³-hybridized carbons (Fsp3) is 0.643. The van der Waals surface area contributed by atoms with E-state index in [0.29, 0.717) is 0 Å². The zero-order chi connectivity index (χ0) is 23.5. The second kappa shape index (κ2) is 13.1. The highest BCUT2D eigenvalue weighted by molar-refractivity contribution is 6.15. The number of aryl methyl sites for hydroxylation is 1. The molecule has 2 unspecified atom stereocenters. The molecular formula is C28H46N2OSi. The molecule has 0 saturated heterocycles. The summed E-state index contributed by atoms with van der Waals surface area (Å²) in [5.41, 5.74) is 2.49. The number of rotatable bonds is 15. The normalized spacial score (nSPS) is 15.3. The quantitative estimate of drug-likeness (QED) is 0.212. The van der Waals surface area contributed by atoms with Crippen LogP contribution in [-0.4, -0.2) is 25.4 Å². The number of ether oxygens (including phenoxy) is 1. The van der Waals surface area contributed by atoms with Gasteiger partial charge >= 0.3 is 0 Å². The molecule has 0 spiro atoms. The van der Waals surface area contributed by atoms with Gasteiger partial charge in [-0.05, 0) is 62.4 Å². The Labute approximate surface area is 200 Å². The smallest absolute Gasteiger partial charge is 0.159 e. The summed E-state index contributed by atoms with van der Waals surface area (Å²) in [4.78, 5) is 9.25. The van der Waals surface area contributed by atoms with Crippen molar-refractivity contribution in [2.45, 2.75) is 110 Å². The predicted octanol–water partition coefficient (Wildman–Crippen LogP) is 7.11. The van der Waals surface area contributed by atoms with Gasteiger partial charge in [0.15, 0.2) is 5.82 Å². The van der Waals surface area contributed by atoms with Gasteiger partial charge < -0.3 is 4.74 Å². The molecule has 0 aliphatic carbocycles. The first kappa shape index (κ1) is 26.6. The Bertz CT molecular complexity index is 773. The van der Waals surface area contributed by atoms with E-state index in [0.717, 1.165) is 40.2 Å². The van der Waals surface area contributed by atoms with Gasteiger partial charge in [-0.1, -0.05) is 72.6 Å². The van der Waals surface area contributed by atoms with Crippen molar-refractivity contribution >= 4 is 10.2 Å². The second-order valence-corrected chi connectivity index (χ2v) is 12.0. The molecule has 0 aliphatic rings. The van der Waals surface area contributed by atoms with Crippen molar-refractivity contribution in [2.24, 2.45) is 5.41 Å². The van der Waals surface area contributed by atoms with Crippen molar-refractivity contribution in [1.82, 2.24) is 9.97 Å². The van der Waals surface area contributed by atoms with Crippen LogP contribution in [0.15, 0.2) is 36.7 Å². The molecule has 0 bridgehead atoms. The summed E-state index contributed by atoms with van der Waals surface area (Å²) in [5.74, 6) is 1.74. The molecule has 0 fully saturated rings. The molecule has 2 aromatic rings. The van der Waals surface area contributed by atoms with E-state index in [1.54, 1.807) is 0 Å². The molecule has 178 valence electrons. The van der Waals surface area contributed by atoms with Gasteiger partial charge in [0.2, 0.25) is 0 Å². The minimum Gasteiger partial charge on any atom is -0.492 e. The summed E-state index contributed by atoms with van der Waals surface area (Å²) in [5, 5.41) is -0.0902. The van der Waals surface area contributed by atoms with Crippen LogP contribution in [0.1, 0.15) is 104 Å². The van der Waals surface area contributed by atoms with Crippen molar-refractivity contribution in [2.75, 3.05) is 0 Å². The van der Waals surface area contributed by atoms with Gasteiger partial charge in [0, 0.05) is 23.4 Å². The first-order valence-electron chi connectivity index (χ1n) is 13.0. The molecule has 0 radical (unpaired) electrons. The predicted molar refractivity (Wildman–Crippen MR) is 141 cm³/mol. The summed E-state index contributed by atoms with van der Waals surface area (Å²) >= 11 is 0. The van der Waals surface area contributed by atoms with Gasteiger partial charge in [0.05, 0.1) is 15.5 Å². The fourth-order valence-electron chi connectivity index (χ4n) is 4.30. The third-order valence-corrected chi connectivity index (χ3v) is 8.74. The number of aromatic nitrogens is 2. The molecule has 2 atom stereocenters. The van der Waals surface area contributed by atoms with Crippen LogP contribution in [0.3, 0.4) is 0 Å². The largest absolute Gasteiger partial charge is 0.492 e. The van der Waals surface area contributed by atoms with Crippen LogP contribution in [0.5, 0.6) is 5.75 Å². The molecular weight excluding hydrogens is 408 g/mol. The van der Waals surface area contributed by atoms with E-state index < -0.39 is 0 Å². The summed E-state index contributed by atoms with van der Waals surface area (Å²) in [6.45, 7) is 11.5. The molecule has 0 amide bonds. The SMILES string of the molecule is CCCCCCCCc1cnc(-c2ccc(OC(C)([SiH3])C(C)(CC)CCCC)cc2)nc1. The molecule has 4 heteroatoms. The molecule has 32 heavy (non-hydrogen) atoms. The Morgan fingerprint density at radius 1 is 0.812 bits per heavy atom. The third-order valence-electron chi connectivity index (χ3n) is 7.33. The molecule has 0 saturated carbocycles. The van der Waals surface area contributed by atoms with Gasteiger partial charge in [-0.15, -0.1) is 0 Å². The van der Waals surface area contributed by atoms with Crippen LogP contribution in [0.2, 0.25) is 0 Å². The van der Waals surface area contributed by atoms with Gasteiger partial charge in [-0.2, -0.15) is 0 Å². The van der Waals surface area contributed by atoms with E-state index in [-0.39, 0.29) is 10.6 Å². The van der Waals surface area contributed by atoms with E-state index in [1.165, 1.54) is 63.4 Å². The number of nitrogens with zero attached hydrogens (tertiary/aromatic N) is 2. The molecule has 1 aromatic heterocycles. The first-order valence-corrected chi connectivity index (χ1v) is 14.0. The minimum absolute atomic E-state index is 0.0902. The molecule has 0 N–H and O–H groups in total. The maximum absolute atomic E-state index is 6.57. The molecule has 1 aromatic carbocycles. The summed E-state index contributed by atoms with van der Waals surface area (Å²) < 4.78 is 6.57. The Morgan fingerprint density at radius 3 is 2.00 bits per heavy atom. The van der Waals surface area contributed by atoms with E-state index >= 15 is 0 Å². The Morgan fingerprint density at radius 2 is 1.41 bits per heavy atom. The Hall–Kier alpha value is -1.68. The number of unbranched alkanes of at least 4 members (excludes halogenated alkanes) is 6. The van der Waals surface area contributed by atoms with Crippen LogP contribution < -0.4 is 4.74 Å². The van der Waals surface area contributed by atoms with Gasteiger partial charge in [0.25, 0.3) is 0 Å². The maximum Gasteiger partial charge on any atom is 0.159 e. The minimum atomic E-state index is -0.0902. The maximum atomic E-state index is 6.57. The van der Waals surface area contributed by atoms with Crippen molar-refractivity contribution in [1.29, 1.82) is 0 Å². The zero-order valence-corrected chi connectivity index (χ0v) is 23.5. The van der Waals surface area contributed by atoms with Gasteiger partial charge in [-0.3, -0.25) is 0 Å². The van der Waals surface area contributed by atoms with E-state index in [4.69, 9.17) is 4.74 Å². The summed E-state index contributed by atoms with van der Waals surface area (Å²) in [6.07, 6.45) is 17.8. The molecule has 3 nitrogen and oxygen atoms in total. The van der Waals surface area contributed by atoms with Gasteiger partial charge in [0.1, 0.15) is 5.75 Å². The van der Waals surface area contributed by atoms with Crippen molar-refractivity contribution < 1.29 is 4.74 Å². The number of hydrogen-bond acceptors (Lipinski definition) is 3. The van der Waals surface area contributed by atoms with Crippen LogP contribution in [0.4, 0.5) is 0 Å². The van der Waals surface area contributed by atoms with Crippen LogP contribution in [-0.2, 0) is 6.42 Å². The van der Waals surface area contributed by atoms with Crippen molar-refractivity contribution in [3.63, 3.8) is 0 Å². The fourth-order valence-corrected chi connectivity index (χ4v) is 5.14. The van der Waals surface area contributed by atoms with Crippen molar-refractivity contribution in [3.8, 4) is 17.1 Å². The standard InChI is InChI=1S/C28H46N2OSi/c1-6-9-11-12-13-14-15-23-21-29-26(30-22-23)24-16-18-25(19-17-24)31-28(5,32)27(4,8-3)20-10-7-2/h16-19,21-22H,6-15,20H2,1-5,32H3. The van der Waals surface area contributed by atoms with E-state index in [2.05, 4.69) is 68.9 Å². The average molecular weight is 455 g/mol. The second-order valence-electron chi connectivity index (χ2n) is 10.1. The molecule has 2 rings (SSSR count). The van der Waals surface area contributed by atoms with E-state index in [1.807, 2.05) is 12.4 Å². The molecule has 0 aliphatic heterocycles. The number of benzene rings is 1. The average Bonchev–Trinajstić information content (AvgIpc) is 2.80. The lowest BCUT2D eigenvalue weighted by atomic mass is 9.77. The Balaban J connectivity index is 1.94. The summed E-state index contributed by atoms with van der Waals surface area (Å²) in [6, 6.07) is 8.33. The first-order chi connectivity index (χ1) is 15.3. The Kier molecular flexibility index (Phi) is 10.9. The highest BCUT2D eigenvalue weighted by Gasteiger charge is 2.40. The zero-order valence-electron chi connectivity index (χ0n) is 21.5. The van der Waals surface area contributed by atoms with Crippen LogP contribution in [0, 0.1) is 5.41 Å². The van der Waals surface area contributed by atoms with Gasteiger partial charge in [-0.25, -0.2) is 9.97 Å². The summed E-state index contributed by atoms with van der Waals surface area (Å²) in [7, 11) is 0.994. The lowest BCUT2D eigenvalue weighted by Crippen LogP contribution is -2.49. The highest BCUT2D eigenvalue weighted by atomic mass is 28.1. The number of hydrogen-bond donors (Lipinski definition) is 0. The highest BCUT2D eigenvalue weighted by Crippen LogP contribution is 2.40. The van der Waals surface area contributed by atoms with Crippen LogP contribution >= 0.6 is 0 Å². The van der Waals surface area contributed by atoms with Crippen molar-refractivity contribution in [3.05, 3.63) is 42.2 Å². The van der Waals surface area contributed by atoms with E-state index in [9.17, 15) is 0 Å². The lowest BCUT2D eigenvalue weighted by Gasteiger charge is -2.44.